The van der Waals surface area contributed by atoms with E-state index in [9.17, 15) is 22.4 Å². The van der Waals surface area contributed by atoms with Crippen molar-refractivity contribution in [2.24, 2.45) is 0 Å². The molecule has 4 rings (SSSR count). The first-order valence-electron chi connectivity index (χ1n) is 13.8. The first-order chi connectivity index (χ1) is 20.7. The van der Waals surface area contributed by atoms with Crippen LogP contribution in [0.3, 0.4) is 0 Å². The molecule has 43 heavy (non-hydrogen) atoms. The van der Waals surface area contributed by atoms with Gasteiger partial charge in [-0.25, -0.2) is 4.39 Å². The number of rotatable bonds is 14. The van der Waals surface area contributed by atoms with E-state index in [1.165, 1.54) is 23.9 Å². The SMILES string of the molecule is CSc1cc(OCCCN(Cc2cccc(C(F)(F)F)c2Cl)CC(c2ccccc2)c2ccccc2)cc(F)c1CC=O. The Morgan fingerprint density at radius 2 is 1.60 bits per heavy atom. The average Bonchev–Trinajstić information content (AvgIpc) is 3.00. The van der Waals surface area contributed by atoms with Crippen molar-refractivity contribution in [3.63, 3.8) is 0 Å². The third kappa shape index (κ3) is 8.85. The highest BCUT2D eigenvalue weighted by molar-refractivity contribution is 7.98. The number of aldehydes is 1. The van der Waals surface area contributed by atoms with Crippen molar-refractivity contribution in [1.29, 1.82) is 0 Å². The summed E-state index contributed by atoms with van der Waals surface area (Å²) in [6.45, 7) is 1.47. The van der Waals surface area contributed by atoms with Crippen molar-refractivity contribution in [3.8, 4) is 5.75 Å². The Kier molecular flexibility index (Phi) is 11.7. The van der Waals surface area contributed by atoms with Gasteiger partial charge in [-0.2, -0.15) is 13.2 Å². The zero-order chi connectivity index (χ0) is 30.8. The summed E-state index contributed by atoms with van der Waals surface area (Å²) in [6, 6.07) is 26.9. The maximum Gasteiger partial charge on any atom is 0.417 e. The van der Waals surface area contributed by atoms with Crippen molar-refractivity contribution in [1.82, 2.24) is 4.90 Å². The minimum Gasteiger partial charge on any atom is -0.493 e. The number of nitrogens with zero attached hydrogens (tertiary/aromatic N) is 1. The first-order valence-corrected chi connectivity index (χ1v) is 15.4. The highest BCUT2D eigenvalue weighted by Crippen LogP contribution is 2.37. The summed E-state index contributed by atoms with van der Waals surface area (Å²) in [4.78, 5) is 13.7. The van der Waals surface area contributed by atoms with E-state index >= 15 is 0 Å². The third-order valence-corrected chi connectivity index (χ3v) is 8.40. The molecular weight excluding hydrogens is 598 g/mol. The normalized spacial score (nSPS) is 11.7. The molecule has 0 unspecified atom stereocenters. The van der Waals surface area contributed by atoms with Crippen LogP contribution in [0.15, 0.2) is 95.9 Å². The fourth-order valence-corrected chi connectivity index (χ4v) is 6.00. The van der Waals surface area contributed by atoms with Gasteiger partial charge in [0.05, 0.1) is 17.2 Å². The quantitative estimate of drug-likeness (QED) is 0.0602. The molecular formula is C34H32ClF4NO2S. The van der Waals surface area contributed by atoms with E-state index < -0.39 is 17.6 Å². The van der Waals surface area contributed by atoms with Crippen LogP contribution >= 0.6 is 23.4 Å². The number of halogens is 5. The Balaban J connectivity index is 1.56. The fourth-order valence-electron chi connectivity index (χ4n) is 5.04. The lowest BCUT2D eigenvalue weighted by atomic mass is 9.90. The van der Waals surface area contributed by atoms with Crippen LogP contribution in [0.25, 0.3) is 0 Å². The van der Waals surface area contributed by atoms with Gasteiger partial charge in [0.1, 0.15) is 17.9 Å². The van der Waals surface area contributed by atoms with Crippen LogP contribution in [0.2, 0.25) is 5.02 Å². The molecule has 0 saturated heterocycles. The largest absolute Gasteiger partial charge is 0.493 e. The molecule has 0 heterocycles. The summed E-state index contributed by atoms with van der Waals surface area (Å²) in [5.74, 6) is -0.185. The van der Waals surface area contributed by atoms with Gasteiger partial charge in [-0.3, -0.25) is 4.90 Å². The second-order valence-electron chi connectivity index (χ2n) is 10.0. The molecule has 0 aliphatic rings. The number of benzene rings is 4. The molecule has 4 aromatic rings. The molecule has 0 N–H and O–H groups in total. The minimum absolute atomic E-state index is 0.0145. The van der Waals surface area contributed by atoms with Crippen LogP contribution in [-0.2, 0) is 23.9 Å². The number of thioether (sulfide) groups is 1. The van der Waals surface area contributed by atoms with Crippen LogP contribution in [-0.4, -0.2) is 37.1 Å². The topological polar surface area (TPSA) is 29.5 Å². The van der Waals surface area contributed by atoms with E-state index in [1.807, 2.05) is 60.7 Å². The predicted molar refractivity (Wildman–Crippen MR) is 165 cm³/mol. The summed E-state index contributed by atoms with van der Waals surface area (Å²) in [7, 11) is 0. The third-order valence-electron chi connectivity index (χ3n) is 7.15. The number of ether oxygens (including phenoxy) is 1. The van der Waals surface area contributed by atoms with E-state index in [-0.39, 0.29) is 30.5 Å². The van der Waals surface area contributed by atoms with Gasteiger partial charge < -0.3 is 9.53 Å². The van der Waals surface area contributed by atoms with Gasteiger partial charge in [-0.15, -0.1) is 11.8 Å². The lowest BCUT2D eigenvalue weighted by molar-refractivity contribution is -0.137. The van der Waals surface area contributed by atoms with Gasteiger partial charge in [-0.05, 0) is 41.5 Å². The lowest BCUT2D eigenvalue weighted by Gasteiger charge is -2.29. The molecule has 0 saturated carbocycles. The van der Waals surface area contributed by atoms with Gasteiger partial charge in [0.2, 0.25) is 0 Å². The maximum atomic E-state index is 14.6. The molecule has 0 amide bonds. The van der Waals surface area contributed by atoms with Crippen LogP contribution in [0.5, 0.6) is 5.75 Å². The van der Waals surface area contributed by atoms with Crippen LogP contribution in [0, 0.1) is 5.82 Å². The van der Waals surface area contributed by atoms with Crippen molar-refractivity contribution >= 4 is 29.6 Å². The molecule has 226 valence electrons. The molecule has 0 aliphatic heterocycles. The Bertz CT molecular complexity index is 1450. The Morgan fingerprint density at radius 1 is 0.953 bits per heavy atom. The van der Waals surface area contributed by atoms with E-state index in [2.05, 4.69) is 4.90 Å². The smallest absolute Gasteiger partial charge is 0.417 e. The molecule has 3 nitrogen and oxygen atoms in total. The minimum atomic E-state index is -4.56. The monoisotopic (exact) mass is 629 g/mol. The molecule has 0 aliphatic carbocycles. The maximum absolute atomic E-state index is 14.6. The van der Waals surface area contributed by atoms with Crippen LogP contribution < -0.4 is 4.74 Å². The van der Waals surface area contributed by atoms with Gasteiger partial charge >= 0.3 is 6.18 Å². The van der Waals surface area contributed by atoms with Crippen molar-refractivity contribution < 1.29 is 27.1 Å². The number of alkyl halides is 3. The molecule has 0 spiro atoms. The summed E-state index contributed by atoms with van der Waals surface area (Å²) in [6.07, 6.45) is -1.57. The molecule has 9 heteroatoms. The molecule has 4 aromatic carbocycles. The van der Waals surface area contributed by atoms with Gasteiger partial charge in [0.15, 0.2) is 0 Å². The zero-order valence-electron chi connectivity index (χ0n) is 23.6. The average molecular weight is 630 g/mol. The van der Waals surface area contributed by atoms with Crippen molar-refractivity contribution in [2.75, 3.05) is 26.0 Å². The van der Waals surface area contributed by atoms with E-state index in [4.69, 9.17) is 16.3 Å². The standard InChI is InChI=1S/C34H32ClF4NO2S/c1-43-32-21-27(20-31(36)28(32)16-18-41)42-19-9-17-40(22-26-14-8-15-30(33(26)35)34(37,38)39)23-29(24-10-4-2-5-11-24)25-12-6-3-7-13-25/h2-8,10-15,18,20-21,29H,9,16-17,19,22-23H2,1H3. The molecule has 0 aromatic heterocycles. The highest BCUT2D eigenvalue weighted by atomic mass is 35.5. The molecule has 0 radical (unpaired) electrons. The van der Waals surface area contributed by atoms with E-state index in [0.29, 0.717) is 47.6 Å². The van der Waals surface area contributed by atoms with Crippen molar-refractivity contribution in [2.45, 2.75) is 36.4 Å². The Labute approximate surface area is 258 Å². The van der Waals surface area contributed by atoms with E-state index in [0.717, 1.165) is 17.2 Å². The summed E-state index contributed by atoms with van der Waals surface area (Å²) in [5, 5.41) is -0.303. The van der Waals surface area contributed by atoms with Crippen LogP contribution in [0.1, 0.15) is 40.2 Å². The summed E-state index contributed by atoms with van der Waals surface area (Å²) in [5.41, 5.74) is 2.03. The Morgan fingerprint density at radius 3 is 2.19 bits per heavy atom. The lowest BCUT2D eigenvalue weighted by Crippen LogP contribution is -2.31. The number of hydrogen-bond donors (Lipinski definition) is 0. The first kappa shape index (κ1) is 32.6. The zero-order valence-corrected chi connectivity index (χ0v) is 25.2. The van der Waals surface area contributed by atoms with Gasteiger partial charge in [0, 0.05) is 48.5 Å². The van der Waals surface area contributed by atoms with Crippen molar-refractivity contribution in [3.05, 3.63) is 130 Å². The number of carbonyl (C=O) groups excluding carboxylic acids is 1. The fraction of sp³-hybridized carbons (Fsp3) is 0.265. The highest BCUT2D eigenvalue weighted by Gasteiger charge is 2.34. The molecule has 0 bridgehead atoms. The number of hydrogen-bond acceptors (Lipinski definition) is 4. The molecule has 0 atom stereocenters. The summed E-state index contributed by atoms with van der Waals surface area (Å²) >= 11 is 7.63. The van der Waals surface area contributed by atoms with Crippen LogP contribution in [0.4, 0.5) is 17.6 Å². The summed E-state index contributed by atoms with van der Waals surface area (Å²) < 4.78 is 61.4. The number of carbonyl (C=O) groups is 1. The van der Waals surface area contributed by atoms with Gasteiger partial charge in [0.25, 0.3) is 0 Å². The second kappa shape index (κ2) is 15.4. The molecule has 0 fully saturated rings. The second-order valence-corrected chi connectivity index (χ2v) is 11.3. The van der Waals surface area contributed by atoms with Gasteiger partial charge in [-0.1, -0.05) is 84.4 Å². The predicted octanol–water partition coefficient (Wildman–Crippen LogP) is 9.06. The van der Waals surface area contributed by atoms with E-state index in [1.54, 1.807) is 18.4 Å². The Hall–Kier alpha value is -3.33.